The SMILES string of the molecule is C[SiH](C)C.O=C(O)c1ccccc1. The van der Waals surface area contributed by atoms with Crippen LogP contribution in [0.15, 0.2) is 30.3 Å². The van der Waals surface area contributed by atoms with Crippen LogP contribution >= 0.6 is 0 Å². The molecule has 0 aliphatic heterocycles. The molecule has 0 saturated carbocycles. The fourth-order valence-electron chi connectivity index (χ4n) is 0.581. The van der Waals surface area contributed by atoms with Crippen LogP contribution in [-0.2, 0) is 0 Å². The van der Waals surface area contributed by atoms with Gasteiger partial charge in [-0.2, -0.15) is 0 Å². The topological polar surface area (TPSA) is 37.3 Å². The first kappa shape index (κ1) is 11.9. The fourth-order valence-corrected chi connectivity index (χ4v) is 0.581. The van der Waals surface area contributed by atoms with E-state index in [2.05, 4.69) is 19.6 Å². The van der Waals surface area contributed by atoms with E-state index in [0.717, 1.165) is 0 Å². The lowest BCUT2D eigenvalue weighted by Gasteiger charge is -1.88. The smallest absolute Gasteiger partial charge is 0.335 e. The first-order chi connectivity index (χ1) is 6.04. The second-order valence-corrected chi connectivity index (χ2v) is 6.87. The van der Waals surface area contributed by atoms with Gasteiger partial charge in [-0.3, -0.25) is 0 Å². The molecule has 0 atom stereocenters. The molecule has 0 aromatic heterocycles. The average Bonchev–Trinajstić information content (AvgIpc) is 2.05. The van der Waals surface area contributed by atoms with Crippen molar-refractivity contribution in [1.82, 2.24) is 0 Å². The number of rotatable bonds is 1. The third-order valence-electron chi connectivity index (χ3n) is 1.02. The Morgan fingerprint density at radius 3 is 1.77 bits per heavy atom. The van der Waals surface area contributed by atoms with E-state index in [1.807, 2.05) is 0 Å². The maximum atomic E-state index is 10.2. The van der Waals surface area contributed by atoms with E-state index in [9.17, 15) is 4.79 Å². The van der Waals surface area contributed by atoms with Crippen molar-refractivity contribution in [3.63, 3.8) is 0 Å². The molecular formula is C10H16O2Si. The van der Waals surface area contributed by atoms with Crippen molar-refractivity contribution in [1.29, 1.82) is 0 Å². The van der Waals surface area contributed by atoms with E-state index in [1.54, 1.807) is 30.3 Å². The molecule has 0 unspecified atom stereocenters. The molecule has 13 heavy (non-hydrogen) atoms. The van der Waals surface area contributed by atoms with Gasteiger partial charge >= 0.3 is 5.97 Å². The standard InChI is InChI=1S/C7H6O2.C3H10Si/c8-7(9)6-4-2-1-3-5-6;1-4(2)3/h1-5H,(H,8,9);4H,1-3H3. The summed E-state index contributed by atoms with van der Waals surface area (Å²) in [6.07, 6.45) is 0. The summed E-state index contributed by atoms with van der Waals surface area (Å²) in [7, 11) is -0.139. The summed E-state index contributed by atoms with van der Waals surface area (Å²) in [5.74, 6) is -0.879. The Morgan fingerprint density at radius 2 is 1.54 bits per heavy atom. The Hall–Kier alpha value is -1.09. The van der Waals surface area contributed by atoms with Gasteiger partial charge in [-0.15, -0.1) is 0 Å². The van der Waals surface area contributed by atoms with Crippen LogP contribution < -0.4 is 0 Å². The summed E-state index contributed by atoms with van der Waals surface area (Å²) in [5, 5.41) is 8.38. The molecule has 1 aromatic carbocycles. The van der Waals surface area contributed by atoms with Crippen molar-refractivity contribution in [2.45, 2.75) is 19.6 Å². The number of hydrogen-bond acceptors (Lipinski definition) is 1. The van der Waals surface area contributed by atoms with Crippen molar-refractivity contribution in [2.75, 3.05) is 0 Å². The molecule has 3 heteroatoms. The zero-order valence-corrected chi connectivity index (χ0v) is 9.47. The average molecular weight is 196 g/mol. The van der Waals surface area contributed by atoms with E-state index in [1.165, 1.54) is 0 Å². The minimum Gasteiger partial charge on any atom is -0.478 e. The molecular weight excluding hydrogens is 180 g/mol. The summed E-state index contributed by atoms with van der Waals surface area (Å²) >= 11 is 0. The molecule has 0 saturated heterocycles. The van der Waals surface area contributed by atoms with Crippen LogP contribution in [0.25, 0.3) is 0 Å². The maximum absolute atomic E-state index is 10.2. The van der Waals surface area contributed by atoms with Crippen LogP contribution in [0.5, 0.6) is 0 Å². The van der Waals surface area contributed by atoms with Crippen LogP contribution in [0.1, 0.15) is 10.4 Å². The summed E-state index contributed by atoms with van der Waals surface area (Å²) < 4.78 is 0. The highest BCUT2D eigenvalue weighted by Crippen LogP contribution is 1.96. The van der Waals surface area contributed by atoms with E-state index in [0.29, 0.717) is 5.56 Å². The van der Waals surface area contributed by atoms with Gasteiger partial charge in [0.2, 0.25) is 0 Å². The van der Waals surface area contributed by atoms with Gasteiger partial charge in [0.25, 0.3) is 0 Å². The van der Waals surface area contributed by atoms with Crippen LogP contribution in [0, 0.1) is 0 Å². The molecule has 0 aliphatic carbocycles. The van der Waals surface area contributed by atoms with Crippen molar-refractivity contribution >= 4 is 14.8 Å². The van der Waals surface area contributed by atoms with Crippen molar-refractivity contribution in [2.24, 2.45) is 0 Å². The summed E-state index contributed by atoms with van der Waals surface area (Å²) in [4.78, 5) is 10.2. The number of carboxylic acids is 1. The highest BCUT2D eigenvalue weighted by Gasteiger charge is 1.96. The number of aromatic carboxylic acids is 1. The minimum atomic E-state index is -0.879. The number of carboxylic acid groups (broad SMARTS) is 1. The highest BCUT2D eigenvalue weighted by atomic mass is 28.3. The third kappa shape index (κ3) is 7.27. The monoisotopic (exact) mass is 196 g/mol. The Bertz CT molecular complexity index is 242. The molecule has 0 radical (unpaired) electrons. The molecule has 1 N–H and O–H groups in total. The highest BCUT2D eigenvalue weighted by molar-refractivity contribution is 6.54. The van der Waals surface area contributed by atoms with E-state index >= 15 is 0 Å². The molecule has 1 rings (SSSR count). The van der Waals surface area contributed by atoms with Gasteiger partial charge in [-0.25, -0.2) is 4.79 Å². The predicted molar refractivity (Wildman–Crippen MR) is 58.1 cm³/mol. The largest absolute Gasteiger partial charge is 0.478 e. The molecule has 0 fully saturated rings. The Morgan fingerprint density at radius 1 is 1.15 bits per heavy atom. The van der Waals surface area contributed by atoms with Crippen molar-refractivity contribution in [3.05, 3.63) is 35.9 Å². The normalized spacial score (nSPS) is 8.92. The second kappa shape index (κ2) is 6.43. The minimum absolute atomic E-state index is 0.139. The molecule has 0 heterocycles. The van der Waals surface area contributed by atoms with Crippen LogP contribution in [0.2, 0.25) is 19.6 Å². The lowest BCUT2D eigenvalue weighted by atomic mass is 10.2. The molecule has 72 valence electrons. The molecule has 0 amide bonds. The molecule has 2 nitrogen and oxygen atoms in total. The fraction of sp³-hybridized carbons (Fsp3) is 0.300. The van der Waals surface area contributed by atoms with E-state index < -0.39 is 5.97 Å². The van der Waals surface area contributed by atoms with E-state index in [-0.39, 0.29) is 8.80 Å². The van der Waals surface area contributed by atoms with Gasteiger partial charge in [0, 0.05) is 8.80 Å². The molecule has 1 aromatic rings. The van der Waals surface area contributed by atoms with E-state index in [4.69, 9.17) is 5.11 Å². The Balaban J connectivity index is 0.000000310. The number of hydrogen-bond donors (Lipinski definition) is 1. The van der Waals surface area contributed by atoms with Gasteiger partial charge < -0.3 is 5.11 Å². The van der Waals surface area contributed by atoms with Crippen LogP contribution in [0.4, 0.5) is 0 Å². The molecule has 0 bridgehead atoms. The summed E-state index contributed by atoms with van der Waals surface area (Å²) in [6.45, 7) is 6.92. The Labute approximate surface area is 80.8 Å². The zero-order chi connectivity index (χ0) is 10.3. The molecule has 0 spiro atoms. The van der Waals surface area contributed by atoms with Gasteiger partial charge in [-0.1, -0.05) is 37.8 Å². The maximum Gasteiger partial charge on any atom is 0.335 e. The zero-order valence-electron chi connectivity index (χ0n) is 8.32. The van der Waals surface area contributed by atoms with Gasteiger partial charge in [0.15, 0.2) is 0 Å². The lowest BCUT2D eigenvalue weighted by molar-refractivity contribution is 0.0697. The van der Waals surface area contributed by atoms with Gasteiger partial charge in [-0.05, 0) is 12.1 Å². The van der Waals surface area contributed by atoms with Gasteiger partial charge in [0.05, 0.1) is 5.56 Å². The molecule has 0 aliphatic rings. The summed E-state index contributed by atoms with van der Waals surface area (Å²) in [5.41, 5.74) is 0.331. The Kier molecular flexibility index (Phi) is 5.89. The second-order valence-electron chi connectivity index (χ2n) is 3.40. The number of benzene rings is 1. The van der Waals surface area contributed by atoms with Crippen LogP contribution in [-0.4, -0.2) is 19.9 Å². The van der Waals surface area contributed by atoms with Gasteiger partial charge in [0.1, 0.15) is 0 Å². The lowest BCUT2D eigenvalue weighted by Crippen LogP contribution is -1.93. The third-order valence-corrected chi connectivity index (χ3v) is 1.02. The predicted octanol–water partition coefficient (Wildman–Crippen LogP) is 2.49. The van der Waals surface area contributed by atoms with Crippen molar-refractivity contribution < 1.29 is 9.90 Å². The van der Waals surface area contributed by atoms with Crippen LogP contribution in [0.3, 0.4) is 0 Å². The quantitative estimate of drug-likeness (QED) is 0.701. The van der Waals surface area contributed by atoms with Crippen molar-refractivity contribution in [3.8, 4) is 0 Å². The first-order valence-corrected chi connectivity index (χ1v) is 7.78. The summed E-state index contributed by atoms with van der Waals surface area (Å²) in [6, 6.07) is 8.30. The first-order valence-electron chi connectivity index (χ1n) is 4.32. The number of carbonyl (C=O) groups is 1.